The highest BCUT2D eigenvalue weighted by atomic mass is 16.4. The van der Waals surface area contributed by atoms with Crippen LogP contribution in [0.25, 0.3) is 0 Å². The molecular weight excluding hydrogens is 490 g/mol. The Bertz CT molecular complexity index is 1210. The fraction of sp³-hybridized carbons (Fsp3) is 0.469. The van der Waals surface area contributed by atoms with Crippen molar-refractivity contribution in [2.75, 3.05) is 11.9 Å². The summed E-state index contributed by atoms with van der Waals surface area (Å²) in [5.74, 6) is -1.80. The van der Waals surface area contributed by atoms with Gasteiger partial charge < -0.3 is 20.6 Å². The van der Waals surface area contributed by atoms with Crippen LogP contribution in [-0.4, -0.2) is 40.4 Å². The Morgan fingerprint density at radius 3 is 2.59 bits per heavy atom. The molecule has 2 amide bonds. The van der Waals surface area contributed by atoms with Crippen LogP contribution in [0.15, 0.2) is 60.7 Å². The van der Waals surface area contributed by atoms with Gasteiger partial charge in [-0.05, 0) is 80.2 Å². The third-order valence-corrected chi connectivity index (χ3v) is 7.83. The summed E-state index contributed by atoms with van der Waals surface area (Å²) in [6.07, 6.45) is 7.03. The number of nitrogens with zero attached hydrogens (tertiary/aromatic N) is 1. The number of hydrogen-bond donors (Lipinski definition) is 3. The van der Waals surface area contributed by atoms with E-state index in [-0.39, 0.29) is 29.6 Å². The third-order valence-electron chi connectivity index (χ3n) is 7.83. The lowest BCUT2D eigenvalue weighted by Crippen LogP contribution is -2.49. The van der Waals surface area contributed by atoms with Gasteiger partial charge in [0.15, 0.2) is 0 Å². The molecule has 7 nitrogen and oxygen atoms in total. The van der Waals surface area contributed by atoms with Gasteiger partial charge in [-0.15, -0.1) is 0 Å². The van der Waals surface area contributed by atoms with Crippen molar-refractivity contribution in [1.82, 2.24) is 10.2 Å². The zero-order valence-electron chi connectivity index (χ0n) is 23.2. The molecule has 2 aromatic rings. The molecule has 1 aliphatic heterocycles. The Balaban J connectivity index is 1.43. The maximum absolute atomic E-state index is 13.6. The lowest BCUT2D eigenvalue weighted by Gasteiger charge is -2.29. The number of hydrogen-bond acceptors (Lipinski definition) is 4. The fourth-order valence-electron chi connectivity index (χ4n) is 5.70. The maximum atomic E-state index is 13.6. The quantitative estimate of drug-likeness (QED) is 0.343. The summed E-state index contributed by atoms with van der Waals surface area (Å²) in [4.78, 5) is 40.5. The normalized spacial score (nSPS) is 22.0. The number of carbonyl (C=O) groups is 3. The zero-order valence-corrected chi connectivity index (χ0v) is 23.2. The molecule has 0 saturated carbocycles. The Kier molecular flexibility index (Phi) is 9.44. The van der Waals surface area contributed by atoms with Crippen LogP contribution in [0.2, 0.25) is 0 Å². The Morgan fingerprint density at radius 2 is 1.87 bits per heavy atom. The van der Waals surface area contributed by atoms with Gasteiger partial charge in [-0.2, -0.15) is 0 Å². The number of carboxylic acid groups (broad SMARTS) is 1. The molecule has 2 aromatic carbocycles. The van der Waals surface area contributed by atoms with Crippen LogP contribution in [0.5, 0.6) is 0 Å². The van der Waals surface area contributed by atoms with Crippen molar-refractivity contribution >= 4 is 29.2 Å². The van der Waals surface area contributed by atoms with Crippen molar-refractivity contribution in [1.29, 1.82) is 0 Å². The minimum Gasteiger partial charge on any atom is -0.481 e. The first-order valence-corrected chi connectivity index (χ1v) is 14.1. The topological polar surface area (TPSA) is 98.7 Å². The molecule has 0 aromatic heterocycles. The van der Waals surface area contributed by atoms with E-state index in [9.17, 15) is 19.5 Å². The van der Waals surface area contributed by atoms with E-state index in [0.717, 1.165) is 35.3 Å². The molecule has 208 valence electrons. The summed E-state index contributed by atoms with van der Waals surface area (Å²) >= 11 is 0. The number of carboxylic acids is 1. The standard InChI is InChI=1S/C32H41N3O4/c1-21(2)17-27(24-14-15-25(19-24)32(38)39)30(36)34-29-13-6-7-16-35(31(29)37)20-23-10-8-11-26(18-23)33-28-12-5-4-9-22(28)3/h4-5,8-12,14-15,18,21,24-25,27,29,33H,6-7,13,16-17,19-20H2,1-3H3,(H,34,36)(H,38,39)/t24?,25?,27-,29+/m1/s1. The Labute approximate surface area is 231 Å². The molecule has 0 spiro atoms. The van der Waals surface area contributed by atoms with E-state index in [0.29, 0.717) is 32.4 Å². The van der Waals surface area contributed by atoms with Crippen molar-refractivity contribution in [2.24, 2.45) is 23.7 Å². The molecule has 2 unspecified atom stereocenters. The predicted octanol–water partition coefficient (Wildman–Crippen LogP) is 5.68. The number of carbonyl (C=O) groups excluding carboxylic acids is 2. The van der Waals surface area contributed by atoms with E-state index < -0.39 is 17.9 Å². The van der Waals surface area contributed by atoms with Gasteiger partial charge in [0, 0.05) is 30.4 Å². The van der Waals surface area contributed by atoms with Crippen molar-refractivity contribution < 1.29 is 19.5 Å². The molecule has 39 heavy (non-hydrogen) atoms. The molecule has 0 bridgehead atoms. The second kappa shape index (κ2) is 13.0. The molecule has 4 rings (SSSR count). The summed E-state index contributed by atoms with van der Waals surface area (Å²) in [7, 11) is 0. The number of allylic oxidation sites excluding steroid dienone is 1. The van der Waals surface area contributed by atoms with Crippen LogP contribution in [0.3, 0.4) is 0 Å². The van der Waals surface area contributed by atoms with Crippen molar-refractivity contribution in [3.05, 3.63) is 71.8 Å². The molecule has 1 saturated heterocycles. The van der Waals surface area contributed by atoms with E-state index in [4.69, 9.17) is 0 Å². The highest BCUT2D eigenvalue weighted by Crippen LogP contribution is 2.34. The van der Waals surface area contributed by atoms with E-state index >= 15 is 0 Å². The van der Waals surface area contributed by atoms with Crippen LogP contribution in [0, 0.1) is 30.6 Å². The maximum Gasteiger partial charge on any atom is 0.310 e. The largest absolute Gasteiger partial charge is 0.481 e. The number of para-hydroxylation sites is 1. The van der Waals surface area contributed by atoms with Crippen LogP contribution in [-0.2, 0) is 20.9 Å². The van der Waals surface area contributed by atoms with Crippen molar-refractivity contribution in [2.45, 2.75) is 65.5 Å². The summed E-state index contributed by atoms with van der Waals surface area (Å²) in [5, 5.41) is 16.0. The first kappa shape index (κ1) is 28.4. The van der Waals surface area contributed by atoms with Gasteiger partial charge in [0.25, 0.3) is 0 Å². The summed E-state index contributed by atoms with van der Waals surface area (Å²) in [5.41, 5.74) is 4.20. The molecule has 3 N–H and O–H groups in total. The molecule has 1 fully saturated rings. The fourth-order valence-corrected chi connectivity index (χ4v) is 5.70. The van der Waals surface area contributed by atoms with Gasteiger partial charge in [-0.25, -0.2) is 0 Å². The molecule has 1 aliphatic carbocycles. The average molecular weight is 532 g/mol. The van der Waals surface area contributed by atoms with Gasteiger partial charge in [-0.1, -0.05) is 56.3 Å². The van der Waals surface area contributed by atoms with Gasteiger partial charge >= 0.3 is 5.97 Å². The van der Waals surface area contributed by atoms with Crippen LogP contribution in [0.1, 0.15) is 57.1 Å². The third kappa shape index (κ3) is 7.49. The van der Waals surface area contributed by atoms with Gasteiger partial charge in [0.2, 0.25) is 11.8 Å². The van der Waals surface area contributed by atoms with Crippen LogP contribution < -0.4 is 10.6 Å². The number of likely N-dealkylation sites (tertiary alicyclic amines) is 1. The van der Waals surface area contributed by atoms with Gasteiger partial charge in [-0.3, -0.25) is 14.4 Å². The highest BCUT2D eigenvalue weighted by Gasteiger charge is 2.36. The SMILES string of the molecule is Cc1ccccc1Nc1cccc(CN2CCCC[C@H](NC(=O)[C@H](CC(C)C)C3C=CC(C(=O)O)C3)C2=O)c1. The number of nitrogens with one attached hydrogen (secondary N) is 2. The first-order chi connectivity index (χ1) is 18.7. The van der Waals surface area contributed by atoms with E-state index in [1.54, 1.807) is 6.08 Å². The number of aryl methyl sites for hydroxylation is 1. The Morgan fingerprint density at radius 1 is 1.08 bits per heavy atom. The summed E-state index contributed by atoms with van der Waals surface area (Å²) in [6, 6.07) is 15.7. The minimum absolute atomic E-state index is 0.0493. The zero-order chi connectivity index (χ0) is 27.9. The van der Waals surface area contributed by atoms with E-state index in [1.165, 1.54) is 0 Å². The molecule has 7 heteroatoms. The van der Waals surface area contributed by atoms with E-state index in [2.05, 4.69) is 43.5 Å². The molecule has 4 atom stereocenters. The Hall–Kier alpha value is -3.61. The van der Waals surface area contributed by atoms with Gasteiger partial charge in [0.1, 0.15) is 6.04 Å². The van der Waals surface area contributed by atoms with Crippen molar-refractivity contribution in [3.63, 3.8) is 0 Å². The minimum atomic E-state index is -0.856. The van der Waals surface area contributed by atoms with Gasteiger partial charge in [0.05, 0.1) is 5.92 Å². The lowest BCUT2D eigenvalue weighted by molar-refractivity contribution is -0.140. The summed E-state index contributed by atoms with van der Waals surface area (Å²) < 4.78 is 0. The number of aliphatic carboxylic acids is 1. The molecule has 2 aliphatic rings. The van der Waals surface area contributed by atoms with Crippen molar-refractivity contribution in [3.8, 4) is 0 Å². The van der Waals surface area contributed by atoms with Crippen LogP contribution >= 0.6 is 0 Å². The smallest absolute Gasteiger partial charge is 0.310 e. The predicted molar refractivity (Wildman–Crippen MR) is 153 cm³/mol. The number of amides is 2. The lowest BCUT2D eigenvalue weighted by atomic mass is 9.83. The second-order valence-corrected chi connectivity index (χ2v) is 11.4. The monoisotopic (exact) mass is 531 g/mol. The second-order valence-electron chi connectivity index (χ2n) is 11.4. The molecular formula is C32H41N3O4. The average Bonchev–Trinajstić information content (AvgIpc) is 3.33. The first-order valence-electron chi connectivity index (χ1n) is 14.1. The molecule has 0 radical (unpaired) electrons. The van der Waals surface area contributed by atoms with E-state index in [1.807, 2.05) is 47.4 Å². The highest BCUT2D eigenvalue weighted by molar-refractivity contribution is 5.89. The number of anilines is 2. The number of benzene rings is 2. The van der Waals surface area contributed by atoms with Crippen LogP contribution in [0.4, 0.5) is 11.4 Å². The molecule has 1 heterocycles. The number of rotatable bonds is 10. The summed E-state index contributed by atoms with van der Waals surface area (Å²) in [6.45, 7) is 7.33.